The number of carbonyl (C=O) groups excluding carboxylic acids is 1. The first-order valence-corrected chi connectivity index (χ1v) is 7.95. The molecule has 2 N–H and O–H groups in total. The van der Waals surface area contributed by atoms with Crippen LogP contribution in [-0.2, 0) is 6.42 Å². The first-order valence-electron chi connectivity index (χ1n) is 7.95. The van der Waals surface area contributed by atoms with Gasteiger partial charge in [0.2, 0.25) is 0 Å². The zero-order valence-corrected chi connectivity index (χ0v) is 13.0. The molecule has 1 saturated heterocycles. The highest BCUT2D eigenvalue weighted by Gasteiger charge is 2.23. The van der Waals surface area contributed by atoms with Gasteiger partial charge in [0.25, 0.3) is 0 Å². The molecule has 0 unspecified atom stereocenters. The Morgan fingerprint density at radius 1 is 1.17 bits per heavy atom. The number of carbonyl (C=O) groups is 1. The maximum absolute atomic E-state index is 12.2. The molecule has 2 aromatic rings. The van der Waals surface area contributed by atoms with Crippen molar-refractivity contribution in [2.45, 2.75) is 19.3 Å². The lowest BCUT2D eigenvalue weighted by molar-refractivity contribution is 0.182. The Labute approximate surface area is 136 Å². The summed E-state index contributed by atoms with van der Waals surface area (Å²) in [5.74, 6) is 1.18. The third kappa shape index (κ3) is 4.22. The monoisotopic (exact) mass is 311 g/mol. The van der Waals surface area contributed by atoms with Crippen molar-refractivity contribution in [1.82, 2.24) is 9.88 Å². The number of rotatable bonds is 3. The zero-order chi connectivity index (χ0) is 16.1. The molecule has 1 aromatic carbocycles. The van der Waals surface area contributed by atoms with Crippen molar-refractivity contribution in [3.05, 3.63) is 54.2 Å². The zero-order valence-electron chi connectivity index (χ0n) is 13.0. The quantitative estimate of drug-likeness (QED) is 0.914. The van der Waals surface area contributed by atoms with E-state index in [0.717, 1.165) is 32.4 Å². The average Bonchev–Trinajstić information content (AvgIpc) is 2.58. The van der Waals surface area contributed by atoms with Crippen molar-refractivity contribution in [2.24, 2.45) is 5.92 Å². The molecule has 0 atom stereocenters. The molecular formula is C18H21N3O2. The molecule has 0 bridgehead atoms. The summed E-state index contributed by atoms with van der Waals surface area (Å²) in [6.07, 6.45) is 4.44. The summed E-state index contributed by atoms with van der Waals surface area (Å²) < 4.78 is 0. The van der Waals surface area contributed by atoms with Crippen LogP contribution >= 0.6 is 0 Å². The van der Waals surface area contributed by atoms with E-state index in [0.29, 0.717) is 11.7 Å². The third-order valence-electron chi connectivity index (χ3n) is 4.25. The number of amides is 2. The van der Waals surface area contributed by atoms with Gasteiger partial charge >= 0.3 is 6.03 Å². The fraction of sp³-hybridized carbons (Fsp3) is 0.333. The average molecular weight is 311 g/mol. The van der Waals surface area contributed by atoms with Crippen LogP contribution in [0.5, 0.6) is 5.75 Å². The molecule has 0 radical (unpaired) electrons. The van der Waals surface area contributed by atoms with Gasteiger partial charge in [-0.05, 0) is 42.9 Å². The lowest BCUT2D eigenvalue weighted by Crippen LogP contribution is -2.41. The van der Waals surface area contributed by atoms with E-state index in [1.165, 1.54) is 17.8 Å². The van der Waals surface area contributed by atoms with Crippen molar-refractivity contribution in [3.63, 3.8) is 0 Å². The van der Waals surface area contributed by atoms with Crippen LogP contribution in [0.4, 0.5) is 10.6 Å². The highest BCUT2D eigenvalue weighted by Crippen LogP contribution is 2.22. The lowest BCUT2D eigenvalue weighted by Gasteiger charge is -2.32. The summed E-state index contributed by atoms with van der Waals surface area (Å²) in [4.78, 5) is 18.0. The number of aromatic hydroxyl groups is 1. The lowest BCUT2D eigenvalue weighted by atomic mass is 9.90. The van der Waals surface area contributed by atoms with Crippen LogP contribution < -0.4 is 5.32 Å². The first-order chi connectivity index (χ1) is 11.2. The molecule has 0 saturated carbocycles. The van der Waals surface area contributed by atoms with Gasteiger partial charge in [-0.25, -0.2) is 9.78 Å². The number of hydrogen-bond donors (Lipinski definition) is 2. The van der Waals surface area contributed by atoms with Gasteiger partial charge in [0.05, 0.1) is 6.20 Å². The van der Waals surface area contributed by atoms with Crippen molar-refractivity contribution in [3.8, 4) is 5.75 Å². The normalized spacial score (nSPS) is 15.4. The molecule has 0 aliphatic carbocycles. The second-order valence-corrected chi connectivity index (χ2v) is 5.95. The maximum Gasteiger partial charge on any atom is 0.323 e. The number of benzene rings is 1. The van der Waals surface area contributed by atoms with Gasteiger partial charge in [-0.1, -0.05) is 30.3 Å². The minimum absolute atomic E-state index is 0.0877. The van der Waals surface area contributed by atoms with Crippen molar-refractivity contribution >= 4 is 11.8 Å². The fourth-order valence-electron chi connectivity index (χ4n) is 2.94. The number of aromatic nitrogens is 1. The molecule has 23 heavy (non-hydrogen) atoms. The van der Waals surface area contributed by atoms with E-state index in [1.54, 1.807) is 6.07 Å². The number of pyridine rings is 1. The topological polar surface area (TPSA) is 65.5 Å². The molecule has 120 valence electrons. The summed E-state index contributed by atoms with van der Waals surface area (Å²) >= 11 is 0. The molecule has 3 rings (SSSR count). The molecule has 1 aliphatic heterocycles. The van der Waals surface area contributed by atoms with Gasteiger partial charge in [0.1, 0.15) is 11.6 Å². The van der Waals surface area contributed by atoms with Crippen molar-refractivity contribution in [2.75, 3.05) is 18.4 Å². The van der Waals surface area contributed by atoms with Gasteiger partial charge in [0, 0.05) is 13.1 Å². The highest BCUT2D eigenvalue weighted by atomic mass is 16.3. The minimum atomic E-state index is -0.124. The van der Waals surface area contributed by atoms with Crippen LogP contribution in [0.2, 0.25) is 0 Å². The summed E-state index contributed by atoms with van der Waals surface area (Å²) in [5, 5.41) is 12.0. The maximum atomic E-state index is 12.2. The molecule has 5 nitrogen and oxygen atoms in total. The van der Waals surface area contributed by atoms with E-state index < -0.39 is 0 Å². The minimum Gasteiger partial charge on any atom is -0.506 e. The van der Waals surface area contributed by atoms with Gasteiger partial charge in [-0.2, -0.15) is 0 Å². The fourth-order valence-corrected chi connectivity index (χ4v) is 2.94. The van der Waals surface area contributed by atoms with Crippen molar-refractivity contribution < 1.29 is 9.90 Å². The summed E-state index contributed by atoms with van der Waals surface area (Å²) in [6, 6.07) is 13.5. The summed E-state index contributed by atoms with van der Waals surface area (Å²) in [6.45, 7) is 1.53. The predicted octanol–water partition coefficient (Wildman–Crippen LogP) is 3.27. The predicted molar refractivity (Wildman–Crippen MR) is 89.4 cm³/mol. The Bertz CT molecular complexity index is 635. The molecule has 2 heterocycles. The number of urea groups is 1. The number of anilines is 1. The standard InChI is InChI=1S/C18H21N3O2/c22-16-6-7-17(19-13-16)20-18(23)21-10-8-15(9-11-21)12-14-4-2-1-3-5-14/h1-7,13,15,22H,8-12H2,(H,19,20,23). The van der Waals surface area contributed by atoms with Crippen LogP contribution in [0, 0.1) is 5.92 Å². The molecule has 2 amide bonds. The van der Waals surface area contributed by atoms with Gasteiger partial charge in [-0.15, -0.1) is 0 Å². The van der Waals surface area contributed by atoms with E-state index in [4.69, 9.17) is 0 Å². The summed E-state index contributed by atoms with van der Waals surface area (Å²) in [5.41, 5.74) is 1.36. The number of piperidine rings is 1. The molecule has 0 spiro atoms. The molecule has 1 aromatic heterocycles. The number of likely N-dealkylation sites (tertiary alicyclic amines) is 1. The number of hydrogen-bond acceptors (Lipinski definition) is 3. The Balaban J connectivity index is 1.48. The van der Waals surface area contributed by atoms with E-state index in [9.17, 15) is 9.90 Å². The second-order valence-electron chi connectivity index (χ2n) is 5.95. The van der Waals surface area contributed by atoms with Gasteiger partial charge in [0.15, 0.2) is 0 Å². The summed E-state index contributed by atoms with van der Waals surface area (Å²) in [7, 11) is 0. The highest BCUT2D eigenvalue weighted by molar-refractivity contribution is 5.88. The van der Waals surface area contributed by atoms with Crippen molar-refractivity contribution in [1.29, 1.82) is 0 Å². The Hall–Kier alpha value is -2.56. The number of nitrogens with one attached hydrogen (secondary N) is 1. The van der Waals surface area contributed by atoms with Gasteiger partial charge < -0.3 is 10.0 Å². The Morgan fingerprint density at radius 2 is 1.91 bits per heavy atom. The smallest absolute Gasteiger partial charge is 0.323 e. The molecular weight excluding hydrogens is 290 g/mol. The molecule has 1 fully saturated rings. The van der Waals surface area contributed by atoms with Crippen LogP contribution in [0.15, 0.2) is 48.7 Å². The van der Waals surface area contributed by atoms with E-state index in [1.807, 2.05) is 11.0 Å². The van der Waals surface area contributed by atoms with Gasteiger partial charge in [-0.3, -0.25) is 5.32 Å². The van der Waals surface area contributed by atoms with Crippen LogP contribution in [0.25, 0.3) is 0 Å². The Morgan fingerprint density at radius 3 is 2.57 bits per heavy atom. The van der Waals surface area contributed by atoms with E-state index >= 15 is 0 Å². The number of nitrogens with zero attached hydrogens (tertiary/aromatic N) is 2. The van der Waals surface area contributed by atoms with Crippen LogP contribution in [-0.4, -0.2) is 34.1 Å². The largest absolute Gasteiger partial charge is 0.506 e. The molecule has 5 heteroatoms. The molecule has 1 aliphatic rings. The van der Waals surface area contributed by atoms with Crippen LogP contribution in [0.3, 0.4) is 0 Å². The third-order valence-corrected chi connectivity index (χ3v) is 4.25. The Kier molecular flexibility index (Phi) is 4.76. The first kappa shape index (κ1) is 15.3. The van der Waals surface area contributed by atoms with E-state index in [-0.39, 0.29) is 11.8 Å². The SMILES string of the molecule is O=C(Nc1ccc(O)cn1)N1CCC(Cc2ccccc2)CC1. The van der Waals surface area contributed by atoms with E-state index in [2.05, 4.69) is 34.6 Å². The van der Waals surface area contributed by atoms with Crippen LogP contribution in [0.1, 0.15) is 18.4 Å². The second kappa shape index (κ2) is 7.13.